The van der Waals surface area contributed by atoms with Gasteiger partial charge in [0.2, 0.25) is 0 Å². The summed E-state index contributed by atoms with van der Waals surface area (Å²) >= 11 is 1.32. The summed E-state index contributed by atoms with van der Waals surface area (Å²) in [6.45, 7) is 4.08. The van der Waals surface area contributed by atoms with Gasteiger partial charge in [0.15, 0.2) is 5.16 Å². The molecule has 0 aromatic carbocycles. The molecule has 2 rings (SSSR count). The van der Waals surface area contributed by atoms with Crippen LogP contribution in [0, 0.1) is 0 Å². The topological polar surface area (TPSA) is 94.5 Å². The third-order valence-electron chi connectivity index (χ3n) is 2.63. The van der Waals surface area contributed by atoms with Crippen molar-refractivity contribution in [3.63, 3.8) is 0 Å². The van der Waals surface area contributed by atoms with Gasteiger partial charge in [-0.15, -0.1) is 5.10 Å². The molecule has 0 spiro atoms. The third-order valence-corrected chi connectivity index (χ3v) is 3.86. The minimum atomic E-state index is -0.248. The highest BCUT2D eigenvalue weighted by molar-refractivity contribution is 7.99. The van der Waals surface area contributed by atoms with E-state index in [4.69, 9.17) is 5.73 Å². The molecule has 0 unspecified atom stereocenters. The second kappa shape index (κ2) is 4.52. The number of nitrogens with two attached hydrogens (primary N) is 1. The fourth-order valence-corrected chi connectivity index (χ4v) is 2.47. The fraction of sp³-hybridized carbons (Fsp3) is 0.500. The minimum Gasteiger partial charge on any atom is -0.395 e. The number of aryl methyl sites for hydroxylation is 1. The second-order valence-corrected chi connectivity index (χ2v) is 5.31. The van der Waals surface area contributed by atoms with E-state index in [1.54, 1.807) is 11.7 Å². The summed E-state index contributed by atoms with van der Waals surface area (Å²) in [4.78, 5) is 11.3. The monoisotopic (exact) mass is 268 g/mol. The highest BCUT2D eigenvalue weighted by Gasteiger charge is 2.18. The second-order valence-electron chi connectivity index (χ2n) is 4.35. The zero-order valence-electron chi connectivity index (χ0n) is 10.8. The molecule has 3 N–H and O–H groups in total. The Morgan fingerprint density at radius 1 is 1.39 bits per heavy atom. The summed E-state index contributed by atoms with van der Waals surface area (Å²) in [7, 11) is 3.49. The minimum absolute atomic E-state index is 0.248. The van der Waals surface area contributed by atoms with Gasteiger partial charge in [-0.25, -0.2) is 9.89 Å². The van der Waals surface area contributed by atoms with Crippen LogP contribution in [0.2, 0.25) is 0 Å². The molecule has 7 nitrogen and oxygen atoms in total. The Balaban J connectivity index is 2.41. The Labute approximate surface area is 108 Å². The van der Waals surface area contributed by atoms with E-state index in [1.807, 2.05) is 20.9 Å². The van der Waals surface area contributed by atoms with Crippen molar-refractivity contribution >= 4 is 17.4 Å². The van der Waals surface area contributed by atoms with Gasteiger partial charge < -0.3 is 5.73 Å². The summed E-state index contributed by atoms with van der Waals surface area (Å²) < 4.78 is 3.15. The predicted molar refractivity (Wildman–Crippen MR) is 69.7 cm³/mol. The van der Waals surface area contributed by atoms with Crippen LogP contribution < -0.4 is 11.4 Å². The van der Waals surface area contributed by atoms with Gasteiger partial charge in [-0.05, 0) is 17.7 Å². The van der Waals surface area contributed by atoms with E-state index in [0.29, 0.717) is 10.8 Å². The highest BCUT2D eigenvalue weighted by Crippen LogP contribution is 2.34. The lowest BCUT2D eigenvalue weighted by molar-refractivity contribution is 0.668. The van der Waals surface area contributed by atoms with E-state index in [2.05, 4.69) is 15.3 Å². The Morgan fingerprint density at radius 3 is 2.50 bits per heavy atom. The molecule has 2 aromatic rings. The fourth-order valence-electron chi connectivity index (χ4n) is 1.60. The van der Waals surface area contributed by atoms with Crippen LogP contribution in [0.5, 0.6) is 0 Å². The van der Waals surface area contributed by atoms with Crippen molar-refractivity contribution in [3.05, 3.63) is 16.2 Å². The Kier molecular flexibility index (Phi) is 3.20. The maximum atomic E-state index is 11.3. The van der Waals surface area contributed by atoms with E-state index >= 15 is 0 Å². The predicted octanol–water partition coefficient (Wildman–Crippen LogP) is 0.699. The Bertz CT molecular complexity index is 623. The van der Waals surface area contributed by atoms with E-state index in [-0.39, 0.29) is 11.6 Å². The van der Waals surface area contributed by atoms with Crippen LogP contribution in [0.3, 0.4) is 0 Å². The van der Waals surface area contributed by atoms with Crippen LogP contribution in [0.25, 0.3) is 0 Å². The number of nitrogens with zero attached hydrogens (tertiary/aromatic N) is 4. The lowest BCUT2D eigenvalue weighted by Crippen LogP contribution is -2.13. The number of aromatic amines is 1. The molecule has 0 saturated heterocycles. The van der Waals surface area contributed by atoms with Crippen molar-refractivity contribution in [2.24, 2.45) is 14.1 Å². The third kappa shape index (κ3) is 2.03. The van der Waals surface area contributed by atoms with Gasteiger partial charge >= 0.3 is 5.69 Å². The van der Waals surface area contributed by atoms with E-state index in [0.717, 1.165) is 10.7 Å². The molecule has 18 heavy (non-hydrogen) atoms. The smallest absolute Gasteiger partial charge is 0.343 e. The average Bonchev–Trinajstić information content (AvgIpc) is 2.76. The summed E-state index contributed by atoms with van der Waals surface area (Å²) in [5.41, 5.74) is 7.34. The zero-order valence-corrected chi connectivity index (χ0v) is 11.6. The molecule has 0 aliphatic rings. The Hall–Kier alpha value is -1.70. The molecular formula is C10H16N6OS. The van der Waals surface area contributed by atoms with Crippen LogP contribution in [0.1, 0.15) is 25.5 Å². The molecule has 98 valence electrons. The van der Waals surface area contributed by atoms with Gasteiger partial charge in [0.25, 0.3) is 0 Å². The lowest BCUT2D eigenvalue weighted by Gasteiger charge is -2.02. The SMILES string of the molecule is CC(C)c1nn(C)c(Sc2n[nH]c(=O)n2C)c1N. The Morgan fingerprint density at radius 2 is 2.06 bits per heavy atom. The normalized spacial score (nSPS) is 11.4. The zero-order chi connectivity index (χ0) is 13.4. The molecule has 0 aliphatic carbocycles. The molecule has 2 heterocycles. The summed E-state index contributed by atoms with van der Waals surface area (Å²) in [5, 5.41) is 12.1. The molecule has 0 atom stereocenters. The van der Waals surface area contributed by atoms with Gasteiger partial charge in [0.05, 0.1) is 11.4 Å². The highest BCUT2D eigenvalue weighted by atomic mass is 32.2. The molecule has 0 bridgehead atoms. The van der Waals surface area contributed by atoms with Gasteiger partial charge in [0, 0.05) is 14.1 Å². The number of nitrogen functional groups attached to an aromatic ring is 1. The number of rotatable bonds is 3. The number of hydrogen-bond acceptors (Lipinski definition) is 5. The molecule has 0 amide bonds. The van der Waals surface area contributed by atoms with Crippen LogP contribution >= 0.6 is 11.8 Å². The van der Waals surface area contributed by atoms with Crippen molar-refractivity contribution in [1.29, 1.82) is 0 Å². The number of hydrogen-bond donors (Lipinski definition) is 2. The quantitative estimate of drug-likeness (QED) is 0.854. The first-order chi connectivity index (χ1) is 8.41. The molecule has 0 radical (unpaired) electrons. The molecule has 0 fully saturated rings. The maximum Gasteiger partial charge on any atom is 0.343 e. The first-order valence-corrected chi connectivity index (χ1v) is 6.35. The molecule has 2 aromatic heterocycles. The van der Waals surface area contributed by atoms with Crippen molar-refractivity contribution < 1.29 is 0 Å². The summed E-state index contributed by atoms with van der Waals surface area (Å²) in [5.74, 6) is 0.258. The molecule has 0 saturated carbocycles. The van der Waals surface area contributed by atoms with E-state index in [9.17, 15) is 4.79 Å². The van der Waals surface area contributed by atoms with Gasteiger partial charge in [-0.2, -0.15) is 5.10 Å². The van der Waals surface area contributed by atoms with E-state index < -0.39 is 0 Å². The van der Waals surface area contributed by atoms with Crippen molar-refractivity contribution in [2.45, 2.75) is 29.9 Å². The van der Waals surface area contributed by atoms with E-state index in [1.165, 1.54) is 16.3 Å². The number of aromatic nitrogens is 5. The summed E-state index contributed by atoms with van der Waals surface area (Å²) in [6.07, 6.45) is 0. The molecular weight excluding hydrogens is 252 g/mol. The van der Waals surface area contributed by atoms with Crippen LogP contribution in [0.15, 0.2) is 15.0 Å². The average molecular weight is 268 g/mol. The lowest BCUT2D eigenvalue weighted by atomic mass is 10.1. The largest absolute Gasteiger partial charge is 0.395 e. The number of nitrogens with one attached hydrogen (secondary N) is 1. The van der Waals surface area contributed by atoms with Gasteiger partial charge in [0.1, 0.15) is 5.03 Å². The van der Waals surface area contributed by atoms with Crippen molar-refractivity contribution in [1.82, 2.24) is 24.5 Å². The number of H-pyrrole nitrogens is 1. The first kappa shape index (κ1) is 12.7. The first-order valence-electron chi connectivity index (χ1n) is 5.53. The van der Waals surface area contributed by atoms with Crippen LogP contribution in [-0.2, 0) is 14.1 Å². The summed E-state index contributed by atoms with van der Waals surface area (Å²) in [6, 6.07) is 0. The standard InChI is InChI=1S/C10H16N6OS/c1-5(2)7-6(11)8(16(4)14-7)18-10-13-12-9(17)15(10)3/h5H,11H2,1-4H3,(H,12,17). The van der Waals surface area contributed by atoms with Crippen molar-refractivity contribution in [3.8, 4) is 0 Å². The van der Waals surface area contributed by atoms with Gasteiger partial charge in [-0.3, -0.25) is 9.25 Å². The maximum absolute atomic E-state index is 11.3. The van der Waals surface area contributed by atoms with Crippen molar-refractivity contribution in [2.75, 3.05) is 5.73 Å². The van der Waals surface area contributed by atoms with Crippen LogP contribution in [-0.4, -0.2) is 24.5 Å². The van der Waals surface area contributed by atoms with Gasteiger partial charge in [-0.1, -0.05) is 13.8 Å². The van der Waals surface area contributed by atoms with Crippen LogP contribution in [0.4, 0.5) is 5.69 Å². The molecule has 0 aliphatic heterocycles. The number of anilines is 1. The molecule has 8 heteroatoms.